The van der Waals surface area contributed by atoms with E-state index < -0.39 is 6.10 Å². The fourth-order valence-corrected chi connectivity index (χ4v) is 5.21. The lowest BCUT2D eigenvalue weighted by atomic mass is 9.98. The van der Waals surface area contributed by atoms with Gasteiger partial charge in [-0.1, -0.05) is 48.9 Å². The van der Waals surface area contributed by atoms with Crippen LogP contribution >= 0.6 is 11.6 Å². The molecule has 0 aliphatic carbocycles. The summed E-state index contributed by atoms with van der Waals surface area (Å²) >= 11 is 6.30. The van der Waals surface area contributed by atoms with Crippen LogP contribution in [0, 0.1) is 6.92 Å². The van der Waals surface area contributed by atoms with Crippen LogP contribution in [-0.4, -0.2) is 54.4 Å². The number of halogens is 1. The fraction of sp³-hybridized carbons (Fsp3) is 0.500. The van der Waals surface area contributed by atoms with E-state index in [1.165, 1.54) is 17.2 Å². The Morgan fingerprint density at radius 1 is 1.28 bits per heavy atom. The minimum Gasteiger partial charge on any atom is -0.463 e. The third-order valence-electron chi connectivity index (χ3n) is 6.91. The lowest BCUT2D eigenvalue weighted by Crippen LogP contribution is -2.39. The molecular formula is C30H40ClNO4. The van der Waals surface area contributed by atoms with Crippen molar-refractivity contribution < 1.29 is 19.4 Å². The number of nitrogens with zero attached hydrogens (tertiary/aromatic N) is 1. The van der Waals surface area contributed by atoms with Crippen LogP contribution in [0.5, 0.6) is 0 Å². The van der Waals surface area contributed by atoms with Crippen LogP contribution in [0.1, 0.15) is 67.5 Å². The van der Waals surface area contributed by atoms with Crippen molar-refractivity contribution in [2.75, 3.05) is 26.3 Å². The third kappa shape index (κ3) is 7.91. The molecule has 5 nitrogen and oxygen atoms in total. The van der Waals surface area contributed by atoms with Gasteiger partial charge in [0.1, 0.15) is 0 Å². The summed E-state index contributed by atoms with van der Waals surface area (Å²) < 4.78 is 11.1. The minimum absolute atomic E-state index is 0.225. The molecule has 0 radical (unpaired) electrons. The number of likely N-dealkylation sites (tertiary alicyclic amines) is 1. The molecule has 0 bridgehead atoms. The van der Waals surface area contributed by atoms with Crippen LogP contribution in [0.25, 0.3) is 6.08 Å². The number of hydrogen-bond donors (Lipinski definition) is 1. The first-order chi connectivity index (χ1) is 17.3. The Morgan fingerprint density at radius 3 is 2.83 bits per heavy atom. The van der Waals surface area contributed by atoms with Crippen molar-refractivity contribution in [2.24, 2.45) is 0 Å². The molecule has 3 rings (SSSR count). The SMILES string of the molecule is CCOC(=O)/C=C/c1c(C)cccc1[C@@H](C)OC[C@H](O)CN1CCC[C@H]1Cc1ccc(Cl)c(CC)c1. The van der Waals surface area contributed by atoms with Crippen molar-refractivity contribution in [3.63, 3.8) is 0 Å². The zero-order valence-corrected chi connectivity index (χ0v) is 22.8. The van der Waals surface area contributed by atoms with E-state index in [0.29, 0.717) is 19.2 Å². The van der Waals surface area contributed by atoms with E-state index in [4.69, 9.17) is 21.1 Å². The average Bonchev–Trinajstić information content (AvgIpc) is 3.29. The number of hydrogen-bond acceptors (Lipinski definition) is 5. The number of ether oxygens (including phenoxy) is 2. The first-order valence-electron chi connectivity index (χ1n) is 13.1. The van der Waals surface area contributed by atoms with E-state index in [1.54, 1.807) is 13.0 Å². The molecule has 0 spiro atoms. The molecule has 0 unspecified atom stereocenters. The Balaban J connectivity index is 1.57. The molecule has 1 aliphatic heterocycles. The van der Waals surface area contributed by atoms with Crippen molar-refractivity contribution in [3.8, 4) is 0 Å². The van der Waals surface area contributed by atoms with Gasteiger partial charge in [0, 0.05) is 23.7 Å². The third-order valence-corrected chi connectivity index (χ3v) is 7.28. The van der Waals surface area contributed by atoms with Crippen LogP contribution in [0.3, 0.4) is 0 Å². The number of benzene rings is 2. The first kappa shape index (κ1) is 28.4. The molecule has 1 heterocycles. The van der Waals surface area contributed by atoms with Crippen molar-refractivity contribution in [1.29, 1.82) is 0 Å². The molecule has 2 aromatic rings. The summed E-state index contributed by atoms with van der Waals surface area (Å²) in [6.07, 6.45) is 6.60. The molecular weight excluding hydrogens is 474 g/mol. The van der Waals surface area contributed by atoms with Gasteiger partial charge in [0.15, 0.2) is 0 Å². The van der Waals surface area contributed by atoms with Crippen molar-refractivity contribution in [2.45, 2.75) is 71.6 Å². The number of esters is 1. The summed E-state index contributed by atoms with van der Waals surface area (Å²) in [5.74, 6) is -0.361. The molecule has 0 aromatic heterocycles. The van der Waals surface area contributed by atoms with Gasteiger partial charge in [0.2, 0.25) is 0 Å². The van der Waals surface area contributed by atoms with E-state index in [-0.39, 0.29) is 18.7 Å². The van der Waals surface area contributed by atoms with Crippen LogP contribution in [-0.2, 0) is 27.1 Å². The second kappa shape index (κ2) is 13.9. The van der Waals surface area contributed by atoms with Gasteiger partial charge >= 0.3 is 5.97 Å². The predicted molar refractivity (Wildman–Crippen MR) is 146 cm³/mol. The Labute approximate surface area is 221 Å². The average molecular weight is 514 g/mol. The summed E-state index contributed by atoms with van der Waals surface area (Å²) in [5, 5.41) is 11.6. The predicted octanol–water partition coefficient (Wildman–Crippen LogP) is 5.93. The second-order valence-corrected chi connectivity index (χ2v) is 9.97. The smallest absolute Gasteiger partial charge is 0.330 e. The molecule has 6 heteroatoms. The summed E-state index contributed by atoms with van der Waals surface area (Å²) in [5.41, 5.74) is 5.47. The van der Waals surface area contributed by atoms with Gasteiger partial charge in [-0.2, -0.15) is 0 Å². The fourth-order valence-electron chi connectivity index (χ4n) is 4.96. The van der Waals surface area contributed by atoms with Gasteiger partial charge in [-0.25, -0.2) is 4.79 Å². The Morgan fingerprint density at radius 2 is 2.08 bits per heavy atom. The van der Waals surface area contributed by atoms with Crippen LogP contribution in [0.15, 0.2) is 42.5 Å². The number of carbonyl (C=O) groups is 1. The normalized spacial score (nSPS) is 18.0. The van der Waals surface area contributed by atoms with E-state index in [2.05, 4.69) is 24.0 Å². The molecule has 3 atom stereocenters. The monoisotopic (exact) mass is 513 g/mol. The number of aliphatic hydroxyl groups excluding tert-OH is 1. The lowest BCUT2D eigenvalue weighted by molar-refractivity contribution is -0.137. The van der Waals surface area contributed by atoms with Gasteiger partial charge in [-0.15, -0.1) is 0 Å². The molecule has 36 heavy (non-hydrogen) atoms. The van der Waals surface area contributed by atoms with Gasteiger partial charge in [-0.3, -0.25) is 4.90 Å². The molecule has 1 saturated heterocycles. The summed E-state index contributed by atoms with van der Waals surface area (Å²) in [7, 11) is 0. The number of aryl methyl sites for hydroxylation is 2. The maximum atomic E-state index is 11.8. The van der Waals surface area contributed by atoms with Crippen LogP contribution < -0.4 is 0 Å². The Bertz CT molecular complexity index is 1040. The molecule has 0 saturated carbocycles. The summed E-state index contributed by atoms with van der Waals surface area (Å²) in [4.78, 5) is 14.2. The highest BCUT2D eigenvalue weighted by Crippen LogP contribution is 2.27. The highest BCUT2D eigenvalue weighted by Gasteiger charge is 2.27. The lowest BCUT2D eigenvalue weighted by Gasteiger charge is -2.28. The zero-order chi connectivity index (χ0) is 26.1. The number of rotatable bonds is 12. The number of carbonyl (C=O) groups excluding carboxylic acids is 1. The van der Waals surface area contributed by atoms with Crippen LogP contribution in [0.2, 0.25) is 5.02 Å². The quantitative estimate of drug-likeness (QED) is 0.281. The maximum Gasteiger partial charge on any atom is 0.330 e. The van der Waals surface area contributed by atoms with Gasteiger partial charge < -0.3 is 14.6 Å². The highest BCUT2D eigenvalue weighted by atomic mass is 35.5. The van der Waals surface area contributed by atoms with Crippen molar-refractivity contribution in [3.05, 3.63) is 75.3 Å². The highest BCUT2D eigenvalue weighted by molar-refractivity contribution is 6.31. The van der Waals surface area contributed by atoms with Gasteiger partial charge in [0.05, 0.1) is 25.4 Å². The summed E-state index contributed by atoms with van der Waals surface area (Å²) in [6, 6.07) is 12.7. The van der Waals surface area contributed by atoms with E-state index >= 15 is 0 Å². The van der Waals surface area contributed by atoms with E-state index in [1.807, 2.05) is 38.1 Å². The number of aliphatic hydroxyl groups is 1. The molecule has 196 valence electrons. The number of β-amino-alcohol motifs (C(OH)–C–C–N with tert-alkyl or cyclic N) is 1. The topological polar surface area (TPSA) is 59.0 Å². The second-order valence-electron chi connectivity index (χ2n) is 9.57. The Hall–Kier alpha value is -2.18. The molecule has 0 amide bonds. The molecule has 1 fully saturated rings. The van der Waals surface area contributed by atoms with E-state index in [0.717, 1.165) is 53.9 Å². The molecule has 2 aromatic carbocycles. The van der Waals surface area contributed by atoms with Crippen LogP contribution in [0.4, 0.5) is 0 Å². The van der Waals surface area contributed by atoms with Gasteiger partial charge in [0.25, 0.3) is 0 Å². The summed E-state index contributed by atoms with van der Waals surface area (Å²) in [6.45, 7) is 10.1. The van der Waals surface area contributed by atoms with Crippen molar-refractivity contribution >= 4 is 23.6 Å². The first-order valence-corrected chi connectivity index (χ1v) is 13.5. The maximum absolute atomic E-state index is 11.8. The van der Waals surface area contributed by atoms with Gasteiger partial charge in [-0.05, 0) is 93.0 Å². The Kier molecular flexibility index (Phi) is 11.0. The molecule has 1 aliphatic rings. The van der Waals surface area contributed by atoms with Crippen molar-refractivity contribution in [1.82, 2.24) is 4.90 Å². The standard InChI is InChI=1S/C30H40ClNO4/c1-5-24-17-23(12-14-29(24)31)18-25-10-8-16-32(25)19-26(33)20-36-22(4)28-11-7-9-21(3)27(28)13-15-30(34)35-6-2/h7,9,11-15,17,22,25-26,33H,5-6,8,10,16,18-20H2,1-4H3/b15-13+/t22-,25+,26-/m1/s1. The molecule has 1 N–H and O–H groups in total. The minimum atomic E-state index is -0.576. The zero-order valence-electron chi connectivity index (χ0n) is 22.0. The van der Waals surface area contributed by atoms with E-state index in [9.17, 15) is 9.90 Å². The largest absolute Gasteiger partial charge is 0.463 e.